The Bertz CT molecular complexity index is 417. The van der Waals surface area contributed by atoms with Gasteiger partial charge in [0, 0.05) is 12.4 Å². The van der Waals surface area contributed by atoms with E-state index in [-0.39, 0.29) is 0 Å². The minimum atomic E-state index is 0.778. The second-order valence-electron chi connectivity index (χ2n) is 10.3. The van der Waals surface area contributed by atoms with Crippen LogP contribution in [0, 0.1) is 0 Å². The Kier molecular flexibility index (Phi) is 30.5. The van der Waals surface area contributed by atoms with E-state index in [0.717, 1.165) is 18.8 Å². The lowest BCUT2D eigenvalue weighted by Crippen LogP contribution is -2.28. The highest BCUT2D eigenvalue weighted by Gasteiger charge is 2.04. The number of allylic oxidation sites excluding steroid dienone is 4. The van der Waals surface area contributed by atoms with Crippen LogP contribution in [-0.2, 0) is 0 Å². The highest BCUT2D eigenvalue weighted by atomic mass is 35.5. The molecule has 0 aromatic heterocycles. The summed E-state index contributed by atoms with van der Waals surface area (Å²) >= 11 is 6.06. The lowest BCUT2D eigenvalue weighted by atomic mass is 10.1. The van der Waals surface area contributed by atoms with E-state index in [4.69, 9.17) is 11.6 Å². The highest BCUT2D eigenvalue weighted by molar-refractivity contribution is 6.18. The number of alkyl halides is 1. The largest absolute Gasteiger partial charge is 0.302 e. The summed E-state index contributed by atoms with van der Waals surface area (Å²) in [5.41, 5.74) is 0. The summed E-state index contributed by atoms with van der Waals surface area (Å²) in [6.45, 7) is 8.13. The summed E-state index contributed by atoms with van der Waals surface area (Å²) in [5.74, 6) is 0.778. The first-order chi connectivity index (χ1) is 16.8. The summed E-state index contributed by atoms with van der Waals surface area (Å²) in [5, 5.41) is 0. The van der Waals surface area contributed by atoms with Gasteiger partial charge in [0.25, 0.3) is 0 Å². The van der Waals surface area contributed by atoms with Crippen LogP contribution in [0.25, 0.3) is 0 Å². The predicted molar refractivity (Wildman–Crippen MR) is 158 cm³/mol. The maximum atomic E-state index is 6.06. The van der Waals surface area contributed by atoms with Gasteiger partial charge in [-0.1, -0.05) is 134 Å². The fourth-order valence-electron chi connectivity index (χ4n) is 4.60. The van der Waals surface area contributed by atoms with Crippen molar-refractivity contribution >= 4 is 11.6 Å². The molecule has 0 atom stereocenters. The second-order valence-corrected chi connectivity index (χ2v) is 10.7. The molecule has 2 heteroatoms. The average Bonchev–Trinajstić information content (AvgIpc) is 2.84. The molecule has 0 amide bonds. The summed E-state index contributed by atoms with van der Waals surface area (Å²) in [7, 11) is 0. The van der Waals surface area contributed by atoms with Gasteiger partial charge in [-0.25, -0.2) is 0 Å². The Morgan fingerprint density at radius 3 is 1.29 bits per heavy atom. The van der Waals surface area contributed by atoms with Crippen molar-refractivity contribution in [3.8, 4) is 0 Å². The van der Waals surface area contributed by atoms with E-state index in [0.29, 0.717) is 0 Å². The van der Waals surface area contributed by atoms with E-state index < -0.39 is 0 Å². The fourth-order valence-corrected chi connectivity index (χ4v) is 4.84. The van der Waals surface area contributed by atoms with Crippen LogP contribution >= 0.6 is 11.6 Å². The second kappa shape index (κ2) is 30.8. The molecule has 34 heavy (non-hydrogen) atoms. The maximum absolute atomic E-state index is 6.06. The van der Waals surface area contributed by atoms with Crippen LogP contribution in [0.5, 0.6) is 0 Å². The molecule has 202 valence electrons. The van der Waals surface area contributed by atoms with E-state index in [1.54, 1.807) is 0 Å². The Labute approximate surface area is 221 Å². The molecule has 0 aliphatic rings. The monoisotopic (exact) mass is 495 g/mol. The zero-order valence-electron chi connectivity index (χ0n) is 23.5. The third kappa shape index (κ3) is 28.0. The van der Waals surface area contributed by atoms with E-state index in [1.165, 1.54) is 148 Å². The molecule has 0 fully saturated rings. The molecule has 0 aliphatic heterocycles. The van der Waals surface area contributed by atoms with Crippen LogP contribution in [0.3, 0.4) is 0 Å². The molecule has 1 nitrogen and oxygen atoms in total. The first-order valence-electron chi connectivity index (χ1n) is 15.4. The van der Waals surface area contributed by atoms with Crippen molar-refractivity contribution in [2.75, 3.05) is 25.5 Å². The summed E-state index contributed by atoms with van der Waals surface area (Å²) < 4.78 is 0. The predicted octanol–water partition coefficient (Wildman–Crippen LogP) is 11.3. The Hall–Kier alpha value is -0.270. The van der Waals surface area contributed by atoms with Crippen LogP contribution in [0.1, 0.15) is 155 Å². The molecular weight excluding hydrogens is 434 g/mol. The van der Waals surface area contributed by atoms with E-state index in [9.17, 15) is 0 Å². The number of halogens is 1. The van der Waals surface area contributed by atoms with Gasteiger partial charge in [0.1, 0.15) is 0 Å². The van der Waals surface area contributed by atoms with Gasteiger partial charge >= 0.3 is 0 Å². The number of unbranched alkanes of at least 4 members (excludes halogenated alkanes) is 18. The van der Waals surface area contributed by atoms with Gasteiger partial charge in [0.05, 0.1) is 0 Å². The summed E-state index contributed by atoms with van der Waals surface area (Å²) in [4.78, 5) is 2.61. The van der Waals surface area contributed by atoms with Gasteiger partial charge in [-0.3, -0.25) is 0 Å². The quantitative estimate of drug-likeness (QED) is 0.0592. The molecular formula is C32H62ClN. The number of hydrogen-bond acceptors (Lipinski definition) is 1. The normalized spacial score (nSPS) is 12.1. The van der Waals surface area contributed by atoms with E-state index in [2.05, 4.69) is 43.1 Å². The third-order valence-corrected chi connectivity index (χ3v) is 7.07. The van der Waals surface area contributed by atoms with Crippen molar-refractivity contribution < 1.29 is 0 Å². The number of hydrogen-bond donors (Lipinski definition) is 0. The van der Waals surface area contributed by atoms with Crippen molar-refractivity contribution in [1.29, 1.82) is 0 Å². The molecule has 0 unspecified atom stereocenters. The summed E-state index contributed by atoms with van der Waals surface area (Å²) in [6, 6.07) is 0. The first kappa shape index (κ1) is 33.7. The molecule has 0 N–H and O–H groups in total. The Morgan fingerprint density at radius 2 is 0.824 bits per heavy atom. The molecule has 0 aromatic carbocycles. The van der Waals surface area contributed by atoms with Crippen molar-refractivity contribution in [1.82, 2.24) is 4.90 Å². The van der Waals surface area contributed by atoms with Crippen LogP contribution in [0.4, 0.5) is 0 Å². The van der Waals surface area contributed by atoms with Crippen molar-refractivity contribution in [3.63, 3.8) is 0 Å². The average molecular weight is 496 g/mol. The van der Waals surface area contributed by atoms with Gasteiger partial charge in [-0.2, -0.15) is 0 Å². The molecule has 0 bridgehead atoms. The van der Waals surface area contributed by atoms with Crippen LogP contribution in [-0.4, -0.2) is 30.4 Å². The Balaban J connectivity index is 3.46. The van der Waals surface area contributed by atoms with Crippen molar-refractivity contribution in [3.05, 3.63) is 24.3 Å². The van der Waals surface area contributed by atoms with Gasteiger partial charge in [0.15, 0.2) is 0 Å². The highest BCUT2D eigenvalue weighted by Crippen LogP contribution is 2.12. The third-order valence-electron chi connectivity index (χ3n) is 6.90. The first-order valence-corrected chi connectivity index (χ1v) is 16.0. The molecule has 0 heterocycles. The van der Waals surface area contributed by atoms with Crippen LogP contribution < -0.4 is 0 Å². The minimum absolute atomic E-state index is 0.778. The smallest absolute Gasteiger partial charge is 0.0351 e. The molecule has 0 aromatic rings. The van der Waals surface area contributed by atoms with Gasteiger partial charge in [0.2, 0.25) is 0 Å². The number of nitrogens with zero attached hydrogens (tertiary/aromatic N) is 1. The lowest BCUT2D eigenvalue weighted by Gasteiger charge is -2.21. The SMILES string of the molecule is CCCCC/C=C\C/C=C\CCCCCCCCN(CCCl)CCCCCCCCCCCC. The molecule has 0 radical (unpaired) electrons. The molecule has 0 rings (SSSR count). The Morgan fingerprint density at radius 1 is 0.441 bits per heavy atom. The maximum Gasteiger partial charge on any atom is 0.0351 e. The van der Waals surface area contributed by atoms with Gasteiger partial charge < -0.3 is 4.90 Å². The fraction of sp³-hybridized carbons (Fsp3) is 0.875. The minimum Gasteiger partial charge on any atom is -0.302 e. The van der Waals surface area contributed by atoms with Crippen molar-refractivity contribution in [2.24, 2.45) is 0 Å². The molecule has 0 spiro atoms. The zero-order valence-corrected chi connectivity index (χ0v) is 24.3. The molecule has 0 aliphatic carbocycles. The summed E-state index contributed by atoms with van der Waals surface area (Å²) in [6.07, 6.45) is 39.5. The van der Waals surface area contributed by atoms with Crippen LogP contribution in [0.15, 0.2) is 24.3 Å². The lowest BCUT2D eigenvalue weighted by molar-refractivity contribution is 0.274. The molecule has 0 saturated carbocycles. The molecule has 0 saturated heterocycles. The topological polar surface area (TPSA) is 3.24 Å². The van der Waals surface area contributed by atoms with E-state index in [1.807, 2.05) is 0 Å². The van der Waals surface area contributed by atoms with E-state index >= 15 is 0 Å². The van der Waals surface area contributed by atoms with Crippen molar-refractivity contribution in [2.45, 2.75) is 155 Å². The standard InChI is InChI=1S/C32H62ClN/c1-3-5-7-9-11-13-15-16-17-18-19-20-22-24-26-28-31-34(32-29-33)30-27-25-23-21-14-12-10-8-6-4-2/h11,13,16-17H,3-10,12,14-15,18-32H2,1-2H3/b13-11-,17-16-. The number of rotatable bonds is 28. The van der Waals surface area contributed by atoms with Gasteiger partial charge in [-0.15, -0.1) is 11.6 Å². The zero-order chi connectivity index (χ0) is 24.8. The van der Waals surface area contributed by atoms with Crippen LogP contribution in [0.2, 0.25) is 0 Å². The van der Waals surface area contributed by atoms with Gasteiger partial charge in [-0.05, 0) is 58.0 Å².